The summed E-state index contributed by atoms with van der Waals surface area (Å²) < 4.78 is 5.08. The fourth-order valence-electron chi connectivity index (χ4n) is 2.37. The van der Waals surface area contributed by atoms with Gasteiger partial charge in [0.2, 0.25) is 5.91 Å². The van der Waals surface area contributed by atoms with Gasteiger partial charge in [-0.2, -0.15) is 0 Å². The third-order valence-electron chi connectivity index (χ3n) is 3.91. The summed E-state index contributed by atoms with van der Waals surface area (Å²) in [7, 11) is 6.98. The van der Waals surface area contributed by atoms with Crippen molar-refractivity contribution in [1.29, 1.82) is 0 Å². The summed E-state index contributed by atoms with van der Waals surface area (Å²) in [5, 5.41) is 3.21. The Morgan fingerprint density at radius 2 is 2.00 bits per heavy atom. The number of aromatic nitrogens is 2. The van der Waals surface area contributed by atoms with Crippen LogP contribution in [0.5, 0.6) is 0 Å². The fourth-order valence-corrected chi connectivity index (χ4v) is 2.37. The van der Waals surface area contributed by atoms with Crippen molar-refractivity contribution in [1.82, 2.24) is 25.1 Å². The third kappa shape index (κ3) is 6.41. The van der Waals surface area contributed by atoms with Gasteiger partial charge in [0.15, 0.2) is 5.96 Å². The van der Waals surface area contributed by atoms with E-state index in [2.05, 4.69) is 20.3 Å². The number of rotatable bonds is 8. The van der Waals surface area contributed by atoms with Crippen LogP contribution in [0.4, 0.5) is 0 Å². The summed E-state index contributed by atoms with van der Waals surface area (Å²) in [6.45, 7) is 1.76. The van der Waals surface area contributed by atoms with Crippen molar-refractivity contribution >= 4 is 11.9 Å². The first-order valence-corrected chi connectivity index (χ1v) is 8.79. The summed E-state index contributed by atoms with van der Waals surface area (Å²) >= 11 is 0. The predicted molar refractivity (Wildman–Crippen MR) is 106 cm³/mol. The summed E-state index contributed by atoms with van der Waals surface area (Å²) in [6.07, 6.45) is 1.82. The first-order chi connectivity index (χ1) is 13.0. The number of aliphatic imine (C=N–C) groups is 1. The summed E-state index contributed by atoms with van der Waals surface area (Å²) in [5.41, 5.74) is 2.05. The van der Waals surface area contributed by atoms with E-state index in [4.69, 9.17) is 4.74 Å². The van der Waals surface area contributed by atoms with E-state index in [9.17, 15) is 4.79 Å². The van der Waals surface area contributed by atoms with E-state index in [1.165, 1.54) is 4.90 Å². The molecule has 2 rings (SSSR count). The lowest BCUT2D eigenvalue weighted by molar-refractivity contribution is -0.127. The minimum absolute atomic E-state index is 0.0567. The molecule has 0 aliphatic rings. The number of nitrogens with one attached hydrogen (secondary N) is 2. The largest absolute Gasteiger partial charge is 0.383 e. The Labute approximate surface area is 160 Å². The van der Waals surface area contributed by atoms with E-state index in [0.717, 1.165) is 17.1 Å². The van der Waals surface area contributed by atoms with E-state index in [0.29, 0.717) is 25.7 Å². The number of aromatic amines is 1. The second-order valence-electron chi connectivity index (χ2n) is 6.31. The molecular formula is C19H28N6O2. The van der Waals surface area contributed by atoms with Crippen molar-refractivity contribution in [2.45, 2.75) is 6.54 Å². The van der Waals surface area contributed by atoms with Crippen LogP contribution in [0.25, 0.3) is 11.3 Å². The normalized spacial score (nSPS) is 11.3. The highest BCUT2D eigenvalue weighted by atomic mass is 16.5. The van der Waals surface area contributed by atoms with E-state index in [1.54, 1.807) is 21.2 Å². The highest BCUT2D eigenvalue weighted by Crippen LogP contribution is 2.16. The van der Waals surface area contributed by atoms with Gasteiger partial charge in [0, 0.05) is 34.8 Å². The van der Waals surface area contributed by atoms with Crippen molar-refractivity contribution < 1.29 is 9.53 Å². The van der Waals surface area contributed by atoms with Gasteiger partial charge in [-0.3, -0.25) is 4.79 Å². The van der Waals surface area contributed by atoms with Crippen molar-refractivity contribution in [2.75, 3.05) is 47.9 Å². The molecule has 146 valence electrons. The van der Waals surface area contributed by atoms with Crippen LogP contribution in [-0.4, -0.2) is 79.6 Å². The molecule has 0 aliphatic heterocycles. The van der Waals surface area contributed by atoms with E-state index in [1.807, 2.05) is 48.5 Å². The van der Waals surface area contributed by atoms with Gasteiger partial charge in [0.05, 0.1) is 25.0 Å². The Morgan fingerprint density at radius 1 is 1.26 bits per heavy atom. The number of nitrogens with zero attached hydrogens (tertiary/aromatic N) is 4. The maximum atomic E-state index is 11.8. The zero-order chi connectivity index (χ0) is 19.6. The molecule has 0 saturated carbocycles. The quantitative estimate of drug-likeness (QED) is 0.413. The van der Waals surface area contributed by atoms with Crippen LogP contribution in [0.2, 0.25) is 0 Å². The molecule has 1 heterocycles. The molecule has 27 heavy (non-hydrogen) atoms. The monoisotopic (exact) mass is 372 g/mol. The number of imidazole rings is 1. The van der Waals surface area contributed by atoms with Gasteiger partial charge in [0.1, 0.15) is 12.4 Å². The van der Waals surface area contributed by atoms with Gasteiger partial charge in [-0.15, -0.1) is 0 Å². The molecule has 2 aromatic rings. The van der Waals surface area contributed by atoms with Gasteiger partial charge in [-0.1, -0.05) is 30.3 Å². The lowest BCUT2D eigenvalue weighted by atomic mass is 10.2. The number of methoxy groups -OCH3 is 1. The fraction of sp³-hybridized carbons (Fsp3) is 0.421. The second-order valence-corrected chi connectivity index (χ2v) is 6.31. The molecule has 1 aromatic carbocycles. The molecule has 0 bridgehead atoms. The maximum Gasteiger partial charge on any atom is 0.243 e. The molecule has 0 spiro atoms. The van der Waals surface area contributed by atoms with Gasteiger partial charge < -0.3 is 24.8 Å². The molecule has 1 aromatic heterocycles. The number of H-pyrrole nitrogens is 1. The SMILES string of the molecule is COCCNC(=NCC(=O)N(C)C)N(C)Cc1ncc(-c2ccccc2)[nH]1. The zero-order valence-corrected chi connectivity index (χ0v) is 16.4. The minimum atomic E-state index is -0.0567. The Bertz CT molecular complexity index is 742. The van der Waals surface area contributed by atoms with Crippen molar-refractivity contribution in [2.24, 2.45) is 4.99 Å². The van der Waals surface area contributed by atoms with Gasteiger partial charge in [-0.25, -0.2) is 9.98 Å². The van der Waals surface area contributed by atoms with Crippen LogP contribution in [0.15, 0.2) is 41.5 Å². The Balaban J connectivity index is 2.05. The van der Waals surface area contributed by atoms with Crippen molar-refractivity contribution in [3.63, 3.8) is 0 Å². The number of carbonyl (C=O) groups is 1. The molecule has 0 fully saturated rings. The van der Waals surface area contributed by atoms with Crippen LogP contribution in [0.1, 0.15) is 5.82 Å². The van der Waals surface area contributed by atoms with Gasteiger partial charge in [0.25, 0.3) is 0 Å². The van der Waals surface area contributed by atoms with Crippen LogP contribution in [0, 0.1) is 0 Å². The molecule has 0 radical (unpaired) electrons. The summed E-state index contributed by atoms with van der Waals surface area (Å²) in [5.74, 6) is 1.38. The Morgan fingerprint density at radius 3 is 2.67 bits per heavy atom. The third-order valence-corrected chi connectivity index (χ3v) is 3.91. The highest BCUT2D eigenvalue weighted by molar-refractivity contribution is 5.84. The van der Waals surface area contributed by atoms with Crippen molar-refractivity contribution in [3.05, 3.63) is 42.4 Å². The number of guanidine groups is 1. The predicted octanol–water partition coefficient (Wildman–Crippen LogP) is 1.19. The zero-order valence-electron chi connectivity index (χ0n) is 16.4. The number of hydrogen-bond donors (Lipinski definition) is 2. The average Bonchev–Trinajstić information content (AvgIpc) is 3.13. The van der Waals surface area contributed by atoms with Crippen molar-refractivity contribution in [3.8, 4) is 11.3 Å². The molecule has 1 amide bonds. The smallest absolute Gasteiger partial charge is 0.243 e. The standard InChI is InChI=1S/C19H28N6O2/c1-24(2)18(26)13-22-19(20-10-11-27-4)25(3)14-17-21-12-16(23-17)15-8-6-5-7-9-15/h5-9,12H,10-11,13-14H2,1-4H3,(H,20,22)(H,21,23). The van der Waals surface area contributed by atoms with Gasteiger partial charge in [-0.05, 0) is 5.56 Å². The van der Waals surface area contributed by atoms with Gasteiger partial charge >= 0.3 is 0 Å². The molecule has 8 nitrogen and oxygen atoms in total. The first-order valence-electron chi connectivity index (χ1n) is 8.79. The molecule has 0 unspecified atom stereocenters. The molecule has 0 saturated heterocycles. The average molecular weight is 372 g/mol. The minimum Gasteiger partial charge on any atom is -0.383 e. The summed E-state index contributed by atoms with van der Waals surface area (Å²) in [4.78, 5) is 27.5. The number of ether oxygens (including phenoxy) is 1. The van der Waals surface area contributed by atoms with Crippen LogP contribution in [-0.2, 0) is 16.1 Å². The molecular weight excluding hydrogens is 344 g/mol. The van der Waals surface area contributed by atoms with E-state index < -0.39 is 0 Å². The molecule has 0 aliphatic carbocycles. The van der Waals surface area contributed by atoms with E-state index >= 15 is 0 Å². The van der Waals surface area contributed by atoms with Crippen LogP contribution in [0.3, 0.4) is 0 Å². The lowest BCUT2D eigenvalue weighted by Gasteiger charge is -2.21. The number of benzene rings is 1. The van der Waals surface area contributed by atoms with Crippen LogP contribution < -0.4 is 5.32 Å². The Kier molecular flexibility index (Phi) is 7.81. The Hall–Kier alpha value is -2.87. The highest BCUT2D eigenvalue weighted by Gasteiger charge is 2.11. The van der Waals surface area contributed by atoms with Crippen LogP contribution >= 0.6 is 0 Å². The molecule has 2 N–H and O–H groups in total. The molecule has 0 atom stereocenters. The number of carbonyl (C=O) groups excluding carboxylic acids is 1. The molecule has 8 heteroatoms. The second kappa shape index (κ2) is 10.3. The topological polar surface area (TPSA) is 85.8 Å². The van der Waals surface area contributed by atoms with E-state index in [-0.39, 0.29) is 12.5 Å². The summed E-state index contributed by atoms with van der Waals surface area (Å²) in [6, 6.07) is 10.0. The lowest BCUT2D eigenvalue weighted by Crippen LogP contribution is -2.41. The first kappa shape index (κ1) is 20.4. The number of hydrogen-bond acceptors (Lipinski definition) is 4. The maximum absolute atomic E-state index is 11.8. The number of likely N-dealkylation sites (N-methyl/N-ethyl adjacent to an activating group) is 1. The number of amides is 1.